The van der Waals surface area contributed by atoms with Gasteiger partial charge >= 0.3 is 0 Å². The summed E-state index contributed by atoms with van der Waals surface area (Å²) in [6, 6.07) is 5.89. The molecule has 1 aromatic carbocycles. The molecule has 21 heavy (non-hydrogen) atoms. The smallest absolute Gasteiger partial charge is 0.138 e. The van der Waals surface area contributed by atoms with Gasteiger partial charge in [0.05, 0.1) is 23.3 Å². The molecule has 0 amide bonds. The van der Waals surface area contributed by atoms with Crippen LogP contribution in [0.3, 0.4) is 0 Å². The van der Waals surface area contributed by atoms with Crippen molar-refractivity contribution in [1.82, 2.24) is 14.7 Å². The van der Waals surface area contributed by atoms with Gasteiger partial charge in [0.1, 0.15) is 11.6 Å². The molecular weight excluding hydrogens is 264 g/mol. The molecule has 5 nitrogen and oxygen atoms in total. The molecule has 0 saturated carbocycles. The first-order valence-electron chi connectivity index (χ1n) is 7.26. The molecular formula is C16H20N4O. The third kappa shape index (κ3) is 2.39. The fourth-order valence-corrected chi connectivity index (χ4v) is 2.67. The lowest BCUT2D eigenvalue weighted by molar-refractivity contribution is 0.392. The molecule has 0 radical (unpaired) electrons. The van der Waals surface area contributed by atoms with E-state index in [1.165, 1.54) is 0 Å². The third-order valence-corrected chi connectivity index (χ3v) is 3.82. The van der Waals surface area contributed by atoms with Crippen LogP contribution in [0, 0.1) is 13.8 Å². The summed E-state index contributed by atoms with van der Waals surface area (Å²) in [4.78, 5) is 4.74. The predicted octanol–water partition coefficient (Wildman–Crippen LogP) is 3.22. The first-order chi connectivity index (χ1) is 10.1. The minimum Gasteiger partial charge on any atom is -0.399 e. The highest BCUT2D eigenvalue weighted by Gasteiger charge is 2.15. The number of fused-ring (bicyclic) bond motifs is 1. The van der Waals surface area contributed by atoms with Crippen molar-refractivity contribution in [3.8, 4) is 0 Å². The fourth-order valence-electron chi connectivity index (χ4n) is 2.67. The molecule has 0 bridgehead atoms. The first-order valence-corrected chi connectivity index (χ1v) is 7.26. The SMILES string of the molecule is CCCc1nc2cc(N)ccc2n1Cc1c(C)noc1C. The summed E-state index contributed by atoms with van der Waals surface area (Å²) in [6.45, 7) is 6.82. The molecule has 0 aliphatic carbocycles. The molecule has 0 aliphatic heterocycles. The van der Waals surface area contributed by atoms with E-state index in [0.29, 0.717) is 0 Å². The number of aryl methyl sites for hydroxylation is 3. The van der Waals surface area contributed by atoms with Gasteiger partial charge in [0.15, 0.2) is 0 Å². The van der Waals surface area contributed by atoms with Crippen molar-refractivity contribution in [2.75, 3.05) is 5.73 Å². The molecule has 2 heterocycles. The zero-order valence-corrected chi connectivity index (χ0v) is 12.7. The summed E-state index contributed by atoms with van der Waals surface area (Å²) in [7, 11) is 0. The number of nitrogens with zero attached hydrogens (tertiary/aromatic N) is 3. The third-order valence-electron chi connectivity index (χ3n) is 3.82. The lowest BCUT2D eigenvalue weighted by Crippen LogP contribution is -2.06. The molecule has 110 valence electrons. The van der Waals surface area contributed by atoms with Gasteiger partial charge in [0.2, 0.25) is 0 Å². The summed E-state index contributed by atoms with van der Waals surface area (Å²) in [6.07, 6.45) is 2.00. The number of nitrogens with two attached hydrogens (primary N) is 1. The molecule has 0 fully saturated rings. The number of benzene rings is 1. The van der Waals surface area contributed by atoms with E-state index in [9.17, 15) is 0 Å². The minimum absolute atomic E-state index is 0.733. The summed E-state index contributed by atoms with van der Waals surface area (Å²) in [5.41, 5.74) is 10.7. The van der Waals surface area contributed by atoms with Crippen molar-refractivity contribution in [1.29, 1.82) is 0 Å². The Balaban J connectivity index is 2.13. The lowest BCUT2D eigenvalue weighted by Gasteiger charge is -2.08. The van der Waals surface area contributed by atoms with Gasteiger partial charge in [-0.15, -0.1) is 0 Å². The van der Waals surface area contributed by atoms with Crippen LogP contribution in [0.25, 0.3) is 11.0 Å². The highest BCUT2D eigenvalue weighted by atomic mass is 16.5. The van der Waals surface area contributed by atoms with Gasteiger partial charge in [-0.2, -0.15) is 0 Å². The van der Waals surface area contributed by atoms with Crippen molar-refractivity contribution in [2.45, 2.75) is 40.2 Å². The van der Waals surface area contributed by atoms with E-state index >= 15 is 0 Å². The Bertz CT molecular complexity index is 766. The van der Waals surface area contributed by atoms with Crippen LogP contribution in [0.4, 0.5) is 5.69 Å². The topological polar surface area (TPSA) is 69.9 Å². The first kappa shape index (κ1) is 13.7. The van der Waals surface area contributed by atoms with Crippen molar-refractivity contribution in [2.24, 2.45) is 0 Å². The predicted molar refractivity (Wildman–Crippen MR) is 83.2 cm³/mol. The van der Waals surface area contributed by atoms with Crippen molar-refractivity contribution in [3.63, 3.8) is 0 Å². The van der Waals surface area contributed by atoms with E-state index in [1.807, 2.05) is 32.0 Å². The van der Waals surface area contributed by atoms with Crippen molar-refractivity contribution < 1.29 is 4.52 Å². The van der Waals surface area contributed by atoms with Gasteiger partial charge in [0.25, 0.3) is 0 Å². The van der Waals surface area contributed by atoms with E-state index in [4.69, 9.17) is 15.2 Å². The summed E-state index contributed by atoms with van der Waals surface area (Å²) >= 11 is 0. The standard InChI is InChI=1S/C16H20N4O/c1-4-5-16-18-14-8-12(17)6-7-15(14)20(16)9-13-10(2)19-21-11(13)3/h6-8H,4-5,9,17H2,1-3H3. The zero-order valence-electron chi connectivity index (χ0n) is 12.7. The fraction of sp³-hybridized carbons (Fsp3) is 0.375. The van der Waals surface area contributed by atoms with Crippen LogP contribution < -0.4 is 5.73 Å². The molecule has 3 aromatic rings. The molecule has 0 aliphatic rings. The second-order valence-corrected chi connectivity index (χ2v) is 5.42. The van der Waals surface area contributed by atoms with Gasteiger partial charge in [-0.1, -0.05) is 12.1 Å². The van der Waals surface area contributed by atoms with Crippen molar-refractivity contribution >= 4 is 16.7 Å². The van der Waals surface area contributed by atoms with E-state index < -0.39 is 0 Å². The normalized spacial score (nSPS) is 11.4. The largest absolute Gasteiger partial charge is 0.399 e. The lowest BCUT2D eigenvalue weighted by atomic mass is 10.2. The number of anilines is 1. The number of hydrogen-bond donors (Lipinski definition) is 1. The van der Waals surface area contributed by atoms with Crippen LogP contribution in [0.15, 0.2) is 22.7 Å². The highest BCUT2D eigenvalue weighted by molar-refractivity contribution is 5.79. The zero-order chi connectivity index (χ0) is 15.0. The molecule has 0 saturated heterocycles. The van der Waals surface area contributed by atoms with Gasteiger partial charge in [-0.3, -0.25) is 0 Å². The van der Waals surface area contributed by atoms with Crippen LogP contribution >= 0.6 is 0 Å². The minimum atomic E-state index is 0.733. The van der Waals surface area contributed by atoms with Gasteiger partial charge in [-0.05, 0) is 38.5 Å². The average molecular weight is 284 g/mol. The summed E-state index contributed by atoms with van der Waals surface area (Å²) in [5.74, 6) is 1.95. The van der Waals surface area contributed by atoms with Crippen LogP contribution in [0.2, 0.25) is 0 Å². The Morgan fingerprint density at radius 3 is 2.76 bits per heavy atom. The van der Waals surface area contributed by atoms with Crippen molar-refractivity contribution in [3.05, 3.63) is 41.0 Å². The van der Waals surface area contributed by atoms with Crippen LogP contribution in [0.5, 0.6) is 0 Å². The Hall–Kier alpha value is -2.30. The average Bonchev–Trinajstić information content (AvgIpc) is 2.94. The summed E-state index contributed by atoms with van der Waals surface area (Å²) in [5, 5.41) is 4.04. The maximum absolute atomic E-state index is 5.87. The Kier molecular flexibility index (Phi) is 3.41. The Morgan fingerprint density at radius 1 is 1.29 bits per heavy atom. The molecule has 3 rings (SSSR count). The number of imidazole rings is 1. The van der Waals surface area contributed by atoms with Gasteiger partial charge in [0, 0.05) is 17.7 Å². The number of rotatable bonds is 4. The second kappa shape index (κ2) is 5.24. The van der Waals surface area contributed by atoms with Crippen LogP contribution in [0.1, 0.15) is 36.2 Å². The Morgan fingerprint density at radius 2 is 2.10 bits per heavy atom. The molecule has 0 spiro atoms. The van der Waals surface area contributed by atoms with Crippen LogP contribution in [-0.4, -0.2) is 14.7 Å². The quantitative estimate of drug-likeness (QED) is 0.747. The number of aromatic nitrogens is 3. The van der Waals surface area contributed by atoms with E-state index in [2.05, 4.69) is 16.6 Å². The van der Waals surface area contributed by atoms with E-state index in [-0.39, 0.29) is 0 Å². The molecule has 2 N–H and O–H groups in total. The number of hydrogen-bond acceptors (Lipinski definition) is 4. The van der Waals surface area contributed by atoms with Crippen LogP contribution in [-0.2, 0) is 13.0 Å². The van der Waals surface area contributed by atoms with E-state index in [0.717, 1.165) is 58.9 Å². The van der Waals surface area contributed by atoms with Gasteiger partial charge in [-0.25, -0.2) is 4.98 Å². The second-order valence-electron chi connectivity index (χ2n) is 5.42. The highest BCUT2D eigenvalue weighted by Crippen LogP contribution is 2.23. The number of nitrogen functional groups attached to an aromatic ring is 1. The maximum Gasteiger partial charge on any atom is 0.138 e. The van der Waals surface area contributed by atoms with Gasteiger partial charge < -0.3 is 14.8 Å². The molecule has 5 heteroatoms. The van der Waals surface area contributed by atoms with E-state index in [1.54, 1.807) is 0 Å². The Labute approximate surface area is 123 Å². The molecule has 2 aromatic heterocycles. The maximum atomic E-state index is 5.87. The monoisotopic (exact) mass is 284 g/mol. The summed E-state index contributed by atoms with van der Waals surface area (Å²) < 4.78 is 7.51. The molecule has 0 unspecified atom stereocenters. The molecule has 0 atom stereocenters.